The van der Waals surface area contributed by atoms with Gasteiger partial charge in [0.1, 0.15) is 16.5 Å². The van der Waals surface area contributed by atoms with Crippen LogP contribution in [0.3, 0.4) is 0 Å². The summed E-state index contributed by atoms with van der Waals surface area (Å²) in [4.78, 5) is 40.4. The van der Waals surface area contributed by atoms with Crippen LogP contribution in [-0.2, 0) is 19.3 Å². The van der Waals surface area contributed by atoms with Gasteiger partial charge in [-0.25, -0.2) is 9.97 Å². The number of rotatable bonds is 5. The first-order chi connectivity index (χ1) is 16.9. The first-order valence-corrected chi connectivity index (χ1v) is 13.3. The van der Waals surface area contributed by atoms with Crippen LogP contribution in [-0.4, -0.2) is 51.9 Å². The van der Waals surface area contributed by atoms with Gasteiger partial charge in [-0.05, 0) is 43.2 Å². The number of fused-ring (bicyclic) bond motifs is 3. The number of amides is 1. The van der Waals surface area contributed by atoms with Crippen LogP contribution < -0.4 is 4.90 Å². The summed E-state index contributed by atoms with van der Waals surface area (Å²) < 4.78 is 0. The van der Waals surface area contributed by atoms with Gasteiger partial charge in [-0.1, -0.05) is 26.3 Å². The third-order valence-corrected chi connectivity index (χ3v) is 8.04. The number of hydrogen-bond donors (Lipinski definition) is 0. The van der Waals surface area contributed by atoms with Gasteiger partial charge in [0.2, 0.25) is 0 Å². The standard InChI is InChI=1S/C26H31N5O3S/c1-17(2)15-22-27-24(23-20-9-4-3-5-10-21(20)35-25(23)28-22)29-11-13-30(14-12-29)26(32)18-7-6-8-19(16-18)31(33)34/h6-8,16-17H,3-5,9-15H2,1-2H3. The number of carbonyl (C=O) groups is 1. The Morgan fingerprint density at radius 1 is 1.11 bits per heavy atom. The number of nitro benzene ring substituents is 1. The van der Waals surface area contributed by atoms with Crippen LogP contribution in [0.25, 0.3) is 10.2 Å². The van der Waals surface area contributed by atoms with E-state index in [1.54, 1.807) is 17.0 Å². The normalized spacial score (nSPS) is 16.4. The molecule has 2 aromatic heterocycles. The molecule has 1 aliphatic carbocycles. The van der Waals surface area contributed by atoms with Gasteiger partial charge in [0.05, 0.1) is 10.3 Å². The van der Waals surface area contributed by atoms with Crippen molar-refractivity contribution >= 4 is 39.0 Å². The summed E-state index contributed by atoms with van der Waals surface area (Å²) in [7, 11) is 0. The molecule has 8 nitrogen and oxygen atoms in total. The first-order valence-electron chi connectivity index (χ1n) is 12.5. The first kappa shape index (κ1) is 23.7. The molecule has 1 amide bonds. The fourth-order valence-electron chi connectivity index (χ4n) is 5.10. The fourth-order valence-corrected chi connectivity index (χ4v) is 6.37. The van der Waals surface area contributed by atoms with Crippen molar-refractivity contribution in [2.75, 3.05) is 31.1 Å². The number of nitrogens with zero attached hydrogens (tertiary/aromatic N) is 5. The van der Waals surface area contributed by atoms with Crippen molar-refractivity contribution in [1.29, 1.82) is 0 Å². The lowest BCUT2D eigenvalue weighted by atomic mass is 10.1. The maximum absolute atomic E-state index is 13.1. The molecule has 1 fully saturated rings. The Hall–Kier alpha value is -3.07. The molecule has 0 unspecified atom stereocenters. The Morgan fingerprint density at radius 3 is 2.63 bits per heavy atom. The van der Waals surface area contributed by atoms with E-state index in [0.29, 0.717) is 37.7 Å². The number of thiophene rings is 1. The van der Waals surface area contributed by atoms with Crippen LogP contribution in [0.4, 0.5) is 11.5 Å². The predicted octanol–water partition coefficient (Wildman–Crippen LogP) is 5.03. The smallest absolute Gasteiger partial charge is 0.270 e. The van der Waals surface area contributed by atoms with Crippen LogP contribution in [0.15, 0.2) is 24.3 Å². The van der Waals surface area contributed by atoms with Crippen LogP contribution >= 0.6 is 11.3 Å². The summed E-state index contributed by atoms with van der Waals surface area (Å²) in [5.74, 6) is 2.23. The van der Waals surface area contributed by atoms with Gasteiger partial charge in [-0.15, -0.1) is 11.3 Å². The largest absolute Gasteiger partial charge is 0.352 e. The SMILES string of the molecule is CC(C)Cc1nc(N2CCN(C(=O)c3cccc([N+](=O)[O-])c3)CC2)c2c3c(sc2n1)CCCCC3. The average molecular weight is 494 g/mol. The highest BCUT2D eigenvalue weighted by Crippen LogP contribution is 2.39. The summed E-state index contributed by atoms with van der Waals surface area (Å²) in [5, 5.41) is 12.3. The number of aromatic nitrogens is 2. The molecule has 35 heavy (non-hydrogen) atoms. The number of nitro groups is 1. The van der Waals surface area contributed by atoms with E-state index < -0.39 is 4.92 Å². The van der Waals surface area contributed by atoms with Gasteiger partial charge in [0.25, 0.3) is 11.6 Å². The van der Waals surface area contributed by atoms with E-state index in [0.717, 1.165) is 35.7 Å². The van der Waals surface area contributed by atoms with Gasteiger partial charge < -0.3 is 9.80 Å². The zero-order valence-electron chi connectivity index (χ0n) is 20.3. The topological polar surface area (TPSA) is 92.5 Å². The highest BCUT2D eigenvalue weighted by molar-refractivity contribution is 7.19. The van der Waals surface area contributed by atoms with E-state index in [4.69, 9.17) is 9.97 Å². The third-order valence-electron chi connectivity index (χ3n) is 6.85. The van der Waals surface area contributed by atoms with E-state index in [-0.39, 0.29) is 11.6 Å². The zero-order valence-corrected chi connectivity index (χ0v) is 21.1. The van der Waals surface area contributed by atoms with Gasteiger partial charge in [0.15, 0.2) is 0 Å². The lowest BCUT2D eigenvalue weighted by Gasteiger charge is -2.36. The predicted molar refractivity (Wildman–Crippen MR) is 138 cm³/mol. The van der Waals surface area contributed by atoms with Crippen molar-refractivity contribution in [3.63, 3.8) is 0 Å². The van der Waals surface area contributed by atoms with E-state index in [1.807, 2.05) is 11.3 Å². The van der Waals surface area contributed by atoms with Crippen molar-refractivity contribution in [1.82, 2.24) is 14.9 Å². The number of non-ortho nitro benzene ring substituents is 1. The fraction of sp³-hybridized carbons (Fsp3) is 0.500. The molecule has 1 aliphatic heterocycles. The minimum Gasteiger partial charge on any atom is -0.352 e. The molecule has 0 spiro atoms. The molecule has 3 aromatic rings. The maximum Gasteiger partial charge on any atom is 0.270 e. The van der Waals surface area contributed by atoms with Crippen molar-refractivity contribution < 1.29 is 9.72 Å². The van der Waals surface area contributed by atoms with E-state index in [9.17, 15) is 14.9 Å². The Bertz CT molecular complexity index is 1260. The van der Waals surface area contributed by atoms with E-state index in [2.05, 4.69) is 18.7 Å². The van der Waals surface area contributed by atoms with Gasteiger partial charge in [0, 0.05) is 55.2 Å². The molecule has 9 heteroatoms. The Labute approximate surface area is 209 Å². The molecular weight excluding hydrogens is 462 g/mol. The minimum absolute atomic E-state index is 0.0614. The number of anilines is 1. The van der Waals surface area contributed by atoms with Gasteiger partial charge in [-0.2, -0.15) is 0 Å². The van der Waals surface area contributed by atoms with E-state index in [1.165, 1.54) is 47.2 Å². The second-order valence-electron chi connectivity index (χ2n) is 9.89. The van der Waals surface area contributed by atoms with Crippen molar-refractivity contribution in [3.05, 3.63) is 56.2 Å². The van der Waals surface area contributed by atoms with Crippen LogP contribution in [0.2, 0.25) is 0 Å². The van der Waals surface area contributed by atoms with Crippen LogP contribution in [0.1, 0.15) is 59.7 Å². The molecule has 1 aromatic carbocycles. The molecule has 3 heterocycles. The summed E-state index contributed by atoms with van der Waals surface area (Å²) in [5.41, 5.74) is 1.73. The van der Waals surface area contributed by atoms with Crippen molar-refractivity contribution in [2.24, 2.45) is 5.92 Å². The highest BCUT2D eigenvalue weighted by atomic mass is 32.1. The van der Waals surface area contributed by atoms with Crippen LogP contribution in [0, 0.1) is 16.0 Å². The monoisotopic (exact) mass is 493 g/mol. The molecule has 184 valence electrons. The zero-order chi connectivity index (χ0) is 24.5. The molecular formula is C26H31N5O3S. The molecule has 0 bridgehead atoms. The number of carbonyl (C=O) groups excluding carboxylic acids is 1. The second kappa shape index (κ2) is 9.89. The average Bonchev–Trinajstić information content (AvgIpc) is 3.03. The Kier molecular flexibility index (Phi) is 6.69. The van der Waals surface area contributed by atoms with E-state index >= 15 is 0 Å². The Morgan fingerprint density at radius 2 is 1.89 bits per heavy atom. The van der Waals surface area contributed by atoms with Crippen LogP contribution in [0.5, 0.6) is 0 Å². The molecule has 1 saturated heterocycles. The quantitative estimate of drug-likeness (QED) is 0.281. The molecule has 0 saturated carbocycles. The summed E-state index contributed by atoms with van der Waals surface area (Å²) in [6.45, 7) is 6.85. The minimum atomic E-state index is -0.465. The molecule has 0 radical (unpaired) electrons. The summed E-state index contributed by atoms with van der Waals surface area (Å²) in [6.07, 6.45) is 6.76. The summed E-state index contributed by atoms with van der Waals surface area (Å²) >= 11 is 1.84. The second-order valence-corrected chi connectivity index (χ2v) is 11.0. The molecule has 5 rings (SSSR count). The highest BCUT2D eigenvalue weighted by Gasteiger charge is 2.28. The summed E-state index contributed by atoms with van der Waals surface area (Å²) in [6, 6.07) is 5.99. The molecule has 0 atom stereocenters. The lowest BCUT2D eigenvalue weighted by Crippen LogP contribution is -2.49. The number of piperazine rings is 1. The number of hydrogen-bond acceptors (Lipinski definition) is 7. The lowest BCUT2D eigenvalue weighted by molar-refractivity contribution is -0.384. The van der Waals surface area contributed by atoms with Gasteiger partial charge >= 0.3 is 0 Å². The number of aryl methyl sites for hydroxylation is 2. The maximum atomic E-state index is 13.1. The van der Waals surface area contributed by atoms with Crippen molar-refractivity contribution in [3.8, 4) is 0 Å². The number of benzene rings is 1. The van der Waals surface area contributed by atoms with Crippen molar-refractivity contribution in [2.45, 2.75) is 52.4 Å². The van der Waals surface area contributed by atoms with Gasteiger partial charge in [-0.3, -0.25) is 14.9 Å². The molecule has 2 aliphatic rings. The molecule has 0 N–H and O–H groups in total. The Balaban J connectivity index is 1.42. The third kappa shape index (κ3) is 4.87.